The van der Waals surface area contributed by atoms with Crippen LogP contribution in [0.2, 0.25) is 0 Å². The molecular weight excluding hydrogens is 454 g/mol. The maximum absolute atomic E-state index is 14.3. The minimum absolute atomic E-state index is 0.0556. The number of aromatic nitrogens is 1. The lowest BCUT2D eigenvalue weighted by Crippen LogP contribution is -2.30. The second-order valence-corrected chi connectivity index (χ2v) is 6.87. The second kappa shape index (κ2) is 7.58. The van der Waals surface area contributed by atoms with Gasteiger partial charge in [0, 0.05) is 22.7 Å². The molecule has 0 radical (unpaired) electrons. The summed E-state index contributed by atoms with van der Waals surface area (Å²) in [6.07, 6.45) is 1.40. The SMILES string of the molecule is CCONC(=O)c1c(Cc2ccc(I)cc2F)n(C)c(=O)c2ccoc12. The van der Waals surface area contributed by atoms with Crippen molar-refractivity contribution in [2.24, 2.45) is 7.05 Å². The zero-order valence-corrected chi connectivity index (χ0v) is 16.3. The van der Waals surface area contributed by atoms with Crippen LogP contribution in [0.3, 0.4) is 0 Å². The fourth-order valence-corrected chi connectivity index (χ4v) is 3.20. The standard InChI is InChI=1S/C18H16FIN2O4/c1-3-26-21-17(23)15-14(8-10-4-5-11(20)9-13(10)19)22(2)18(24)12-6-7-25-16(12)15/h4-7,9H,3,8H2,1-2H3,(H,21,23). The third kappa shape index (κ3) is 3.38. The Morgan fingerprint density at radius 3 is 2.85 bits per heavy atom. The average Bonchev–Trinajstić information content (AvgIpc) is 3.09. The number of amides is 1. The van der Waals surface area contributed by atoms with Gasteiger partial charge in [-0.2, -0.15) is 0 Å². The van der Waals surface area contributed by atoms with Crippen LogP contribution in [0.1, 0.15) is 28.5 Å². The van der Waals surface area contributed by atoms with E-state index in [0.29, 0.717) is 11.3 Å². The predicted molar refractivity (Wildman–Crippen MR) is 102 cm³/mol. The van der Waals surface area contributed by atoms with Crippen molar-refractivity contribution in [1.82, 2.24) is 10.0 Å². The largest absolute Gasteiger partial charge is 0.463 e. The maximum Gasteiger partial charge on any atom is 0.280 e. The van der Waals surface area contributed by atoms with Gasteiger partial charge in [0.2, 0.25) is 0 Å². The molecule has 3 aromatic rings. The lowest BCUT2D eigenvalue weighted by Gasteiger charge is -2.15. The molecular formula is C18H16FIN2O4. The van der Waals surface area contributed by atoms with E-state index in [1.165, 1.54) is 23.0 Å². The Balaban J connectivity index is 2.20. The molecule has 1 aromatic carbocycles. The number of hydroxylamine groups is 1. The van der Waals surface area contributed by atoms with E-state index >= 15 is 0 Å². The Kier molecular flexibility index (Phi) is 5.42. The summed E-state index contributed by atoms with van der Waals surface area (Å²) in [7, 11) is 1.55. The van der Waals surface area contributed by atoms with E-state index in [0.717, 1.165) is 3.57 Å². The summed E-state index contributed by atoms with van der Waals surface area (Å²) in [6.45, 7) is 2.01. The van der Waals surface area contributed by atoms with Gasteiger partial charge in [-0.3, -0.25) is 14.4 Å². The van der Waals surface area contributed by atoms with Gasteiger partial charge < -0.3 is 8.98 Å². The summed E-state index contributed by atoms with van der Waals surface area (Å²) in [5.74, 6) is -0.955. The van der Waals surface area contributed by atoms with Gasteiger partial charge >= 0.3 is 0 Å². The molecule has 2 aromatic heterocycles. The fourth-order valence-electron chi connectivity index (χ4n) is 2.75. The van der Waals surface area contributed by atoms with Gasteiger partial charge in [-0.25, -0.2) is 9.87 Å². The number of carbonyl (C=O) groups excluding carboxylic acids is 1. The van der Waals surface area contributed by atoms with Crippen LogP contribution in [0.4, 0.5) is 4.39 Å². The number of furan rings is 1. The Labute approximate surface area is 162 Å². The third-order valence-electron chi connectivity index (χ3n) is 4.03. The van der Waals surface area contributed by atoms with Gasteiger partial charge in [-0.15, -0.1) is 0 Å². The average molecular weight is 470 g/mol. The first-order valence-corrected chi connectivity index (χ1v) is 8.97. The Morgan fingerprint density at radius 2 is 2.15 bits per heavy atom. The number of benzene rings is 1. The molecule has 0 aliphatic rings. The van der Waals surface area contributed by atoms with Crippen molar-refractivity contribution in [2.75, 3.05) is 6.61 Å². The first-order valence-electron chi connectivity index (χ1n) is 7.89. The number of nitrogens with zero attached hydrogens (tertiary/aromatic N) is 1. The van der Waals surface area contributed by atoms with Crippen LogP contribution in [0, 0.1) is 9.39 Å². The number of hydrogen-bond donors (Lipinski definition) is 1. The summed E-state index contributed by atoms with van der Waals surface area (Å²) in [6, 6.07) is 6.31. The number of carbonyl (C=O) groups is 1. The molecule has 26 heavy (non-hydrogen) atoms. The molecule has 0 fully saturated rings. The molecule has 0 unspecified atom stereocenters. The highest BCUT2D eigenvalue weighted by Gasteiger charge is 2.24. The van der Waals surface area contributed by atoms with Crippen molar-refractivity contribution < 1.29 is 18.4 Å². The normalized spacial score (nSPS) is 11.1. The fraction of sp³-hybridized carbons (Fsp3) is 0.222. The van der Waals surface area contributed by atoms with Crippen molar-refractivity contribution in [1.29, 1.82) is 0 Å². The van der Waals surface area contributed by atoms with Crippen molar-refractivity contribution in [3.05, 3.63) is 67.1 Å². The number of pyridine rings is 1. The molecule has 0 aliphatic carbocycles. The van der Waals surface area contributed by atoms with E-state index in [4.69, 9.17) is 9.25 Å². The van der Waals surface area contributed by atoms with Crippen molar-refractivity contribution >= 4 is 39.5 Å². The molecule has 136 valence electrons. The zero-order valence-electron chi connectivity index (χ0n) is 14.1. The lowest BCUT2D eigenvalue weighted by molar-refractivity contribution is 0.0363. The number of halogens is 2. The number of fused-ring (bicyclic) bond motifs is 1. The van der Waals surface area contributed by atoms with Gasteiger partial charge in [0.15, 0.2) is 5.58 Å². The van der Waals surface area contributed by atoms with E-state index in [1.807, 2.05) is 22.6 Å². The summed E-state index contributed by atoms with van der Waals surface area (Å²) < 4.78 is 21.8. The van der Waals surface area contributed by atoms with E-state index < -0.39 is 11.7 Å². The highest BCUT2D eigenvalue weighted by Crippen LogP contribution is 2.24. The van der Waals surface area contributed by atoms with Crippen molar-refractivity contribution in [2.45, 2.75) is 13.3 Å². The minimum Gasteiger partial charge on any atom is -0.463 e. The molecule has 1 N–H and O–H groups in total. The van der Waals surface area contributed by atoms with Crippen LogP contribution in [0.15, 0.2) is 39.7 Å². The Morgan fingerprint density at radius 1 is 1.38 bits per heavy atom. The highest BCUT2D eigenvalue weighted by atomic mass is 127. The topological polar surface area (TPSA) is 73.5 Å². The molecule has 0 saturated heterocycles. The summed E-state index contributed by atoms with van der Waals surface area (Å²) in [4.78, 5) is 30.2. The number of rotatable bonds is 5. The van der Waals surface area contributed by atoms with Gasteiger partial charge in [0.25, 0.3) is 11.5 Å². The number of nitrogens with one attached hydrogen (secondary N) is 1. The molecule has 3 rings (SSSR count). The van der Waals surface area contributed by atoms with E-state index in [1.54, 1.807) is 26.1 Å². The van der Waals surface area contributed by atoms with E-state index in [-0.39, 0.29) is 35.1 Å². The number of hydrogen-bond acceptors (Lipinski definition) is 4. The van der Waals surface area contributed by atoms with Crippen LogP contribution >= 0.6 is 22.6 Å². The van der Waals surface area contributed by atoms with Crippen LogP contribution in [-0.2, 0) is 18.3 Å². The molecule has 0 atom stereocenters. The van der Waals surface area contributed by atoms with Crippen LogP contribution in [0.25, 0.3) is 11.0 Å². The second-order valence-electron chi connectivity index (χ2n) is 5.63. The molecule has 1 amide bonds. The van der Waals surface area contributed by atoms with Crippen molar-refractivity contribution in [3.8, 4) is 0 Å². The summed E-state index contributed by atoms with van der Waals surface area (Å²) in [5, 5.41) is 0.279. The van der Waals surface area contributed by atoms with Gasteiger partial charge in [-0.05, 0) is 53.3 Å². The molecule has 0 bridgehead atoms. The minimum atomic E-state index is -0.552. The maximum atomic E-state index is 14.3. The molecule has 0 spiro atoms. The molecule has 8 heteroatoms. The van der Waals surface area contributed by atoms with Gasteiger partial charge in [0.05, 0.1) is 18.3 Å². The van der Waals surface area contributed by atoms with E-state index in [2.05, 4.69) is 5.48 Å². The molecule has 2 heterocycles. The van der Waals surface area contributed by atoms with Crippen molar-refractivity contribution in [3.63, 3.8) is 0 Å². The summed E-state index contributed by atoms with van der Waals surface area (Å²) in [5.41, 5.74) is 3.03. The Bertz CT molecular complexity index is 1040. The van der Waals surface area contributed by atoms with Crippen LogP contribution in [-0.4, -0.2) is 17.1 Å². The molecule has 0 saturated carbocycles. The van der Waals surface area contributed by atoms with Gasteiger partial charge in [-0.1, -0.05) is 6.07 Å². The lowest BCUT2D eigenvalue weighted by atomic mass is 10.0. The van der Waals surface area contributed by atoms with Crippen LogP contribution in [0.5, 0.6) is 0 Å². The predicted octanol–water partition coefficient (Wildman–Crippen LogP) is 3.15. The first-order chi connectivity index (χ1) is 12.4. The van der Waals surface area contributed by atoms with Gasteiger partial charge in [0.1, 0.15) is 11.4 Å². The van der Waals surface area contributed by atoms with Crippen LogP contribution < -0.4 is 11.0 Å². The zero-order chi connectivity index (χ0) is 18.8. The summed E-state index contributed by atoms with van der Waals surface area (Å²) >= 11 is 2.02. The monoisotopic (exact) mass is 470 g/mol. The quantitative estimate of drug-likeness (QED) is 0.460. The molecule has 0 aliphatic heterocycles. The highest BCUT2D eigenvalue weighted by molar-refractivity contribution is 14.1. The third-order valence-corrected chi connectivity index (χ3v) is 4.70. The molecule has 6 nitrogen and oxygen atoms in total. The first kappa shape index (κ1) is 18.6. The smallest absolute Gasteiger partial charge is 0.280 e. The van der Waals surface area contributed by atoms with E-state index in [9.17, 15) is 14.0 Å². The Hall–Kier alpha value is -2.20.